The number of carbonyl (C=O) groups is 1. The molecule has 0 saturated heterocycles. The molecule has 1 aromatic carbocycles. The number of rotatable bonds is 4. The predicted molar refractivity (Wildman–Crippen MR) is 75.3 cm³/mol. The Morgan fingerprint density at radius 3 is 2.70 bits per heavy atom. The normalized spacial score (nSPS) is 12.0. The summed E-state index contributed by atoms with van der Waals surface area (Å²) in [4.78, 5) is 11.3. The molecule has 0 spiro atoms. The number of furan rings is 1. The molecule has 1 heterocycles. The van der Waals surface area contributed by atoms with Crippen LogP contribution < -0.4 is 4.74 Å². The summed E-state index contributed by atoms with van der Waals surface area (Å²) in [6, 6.07) is 8.77. The molecular formula is C15H15ClO4. The van der Waals surface area contributed by atoms with E-state index < -0.39 is 5.97 Å². The van der Waals surface area contributed by atoms with Crippen molar-refractivity contribution in [1.82, 2.24) is 0 Å². The Morgan fingerprint density at radius 2 is 2.05 bits per heavy atom. The second-order valence-corrected chi connectivity index (χ2v) is 4.79. The molecular weight excluding hydrogens is 280 g/mol. The van der Waals surface area contributed by atoms with Crippen molar-refractivity contribution >= 4 is 17.6 Å². The zero-order chi connectivity index (χ0) is 14.7. The van der Waals surface area contributed by atoms with E-state index in [1.165, 1.54) is 7.11 Å². The first-order chi connectivity index (χ1) is 9.51. The van der Waals surface area contributed by atoms with Gasteiger partial charge in [-0.1, -0.05) is 17.7 Å². The Bertz CT molecular complexity index is 618. The van der Waals surface area contributed by atoms with Gasteiger partial charge < -0.3 is 13.9 Å². The van der Waals surface area contributed by atoms with Gasteiger partial charge in [0.15, 0.2) is 6.10 Å². The Kier molecular flexibility index (Phi) is 4.35. The molecule has 20 heavy (non-hydrogen) atoms. The quantitative estimate of drug-likeness (QED) is 0.794. The highest BCUT2D eigenvalue weighted by Gasteiger charge is 2.17. The lowest BCUT2D eigenvalue weighted by Crippen LogP contribution is -2.03. The molecule has 1 aromatic heterocycles. The van der Waals surface area contributed by atoms with Crippen LogP contribution in [0.4, 0.5) is 0 Å². The molecule has 1 atom stereocenters. The van der Waals surface area contributed by atoms with Crippen molar-refractivity contribution < 1.29 is 18.7 Å². The fourth-order valence-electron chi connectivity index (χ4n) is 1.73. The third kappa shape index (κ3) is 3.14. The average Bonchev–Trinajstić information content (AvgIpc) is 2.90. The van der Waals surface area contributed by atoms with Crippen molar-refractivity contribution in [3.05, 3.63) is 52.4 Å². The summed E-state index contributed by atoms with van der Waals surface area (Å²) in [5, 5.41) is 0.539. The minimum absolute atomic E-state index is 0.146. The first-order valence-corrected chi connectivity index (χ1v) is 6.50. The summed E-state index contributed by atoms with van der Waals surface area (Å²) in [6.45, 7) is 3.77. The Labute approximate surface area is 122 Å². The van der Waals surface area contributed by atoms with Gasteiger partial charge in [0.2, 0.25) is 5.76 Å². The smallest absolute Gasteiger partial charge is 0.373 e. The molecule has 2 aromatic rings. The van der Waals surface area contributed by atoms with Gasteiger partial charge in [-0.15, -0.1) is 0 Å². The number of aryl methyl sites for hydroxylation is 1. The molecule has 0 aliphatic carbocycles. The highest BCUT2D eigenvalue weighted by atomic mass is 35.5. The van der Waals surface area contributed by atoms with Crippen LogP contribution in [0, 0.1) is 6.92 Å². The number of ether oxygens (including phenoxy) is 2. The van der Waals surface area contributed by atoms with E-state index in [-0.39, 0.29) is 11.9 Å². The van der Waals surface area contributed by atoms with Crippen LogP contribution in [0.1, 0.15) is 34.9 Å². The number of halogens is 1. The van der Waals surface area contributed by atoms with Crippen LogP contribution in [0.15, 0.2) is 34.7 Å². The topological polar surface area (TPSA) is 48.7 Å². The second-order valence-electron chi connectivity index (χ2n) is 4.39. The molecule has 0 saturated carbocycles. The highest BCUT2D eigenvalue weighted by molar-refractivity contribution is 6.32. The molecule has 0 aliphatic rings. The Morgan fingerprint density at radius 1 is 1.30 bits per heavy atom. The first kappa shape index (κ1) is 14.5. The SMILES string of the molecule is COC(=O)c1ccc(C(C)Oc2ccc(C)cc2Cl)o1. The summed E-state index contributed by atoms with van der Waals surface area (Å²) in [5.74, 6) is 0.729. The molecule has 0 amide bonds. The molecule has 0 aliphatic heterocycles. The van der Waals surface area contributed by atoms with E-state index in [0.29, 0.717) is 16.5 Å². The number of hydrogen-bond acceptors (Lipinski definition) is 4. The number of hydrogen-bond donors (Lipinski definition) is 0. The first-order valence-electron chi connectivity index (χ1n) is 6.12. The van der Waals surface area contributed by atoms with Crippen molar-refractivity contribution in [2.75, 3.05) is 7.11 Å². The average molecular weight is 295 g/mol. The molecule has 1 unspecified atom stereocenters. The Hall–Kier alpha value is -1.94. The molecule has 106 valence electrons. The molecule has 0 fully saturated rings. The van der Waals surface area contributed by atoms with Crippen molar-refractivity contribution in [3.8, 4) is 5.75 Å². The molecule has 0 radical (unpaired) electrons. The third-order valence-corrected chi connectivity index (χ3v) is 3.10. The summed E-state index contributed by atoms with van der Waals surface area (Å²) in [7, 11) is 1.30. The van der Waals surface area contributed by atoms with E-state index in [9.17, 15) is 4.79 Å². The molecule has 0 bridgehead atoms. The maximum absolute atomic E-state index is 11.3. The van der Waals surface area contributed by atoms with Gasteiger partial charge in [-0.05, 0) is 43.7 Å². The van der Waals surface area contributed by atoms with E-state index in [4.69, 9.17) is 20.8 Å². The van der Waals surface area contributed by atoms with Crippen LogP contribution in [0.2, 0.25) is 5.02 Å². The summed E-state index contributed by atoms with van der Waals surface area (Å²) in [5.41, 5.74) is 1.06. The third-order valence-electron chi connectivity index (χ3n) is 2.81. The van der Waals surface area contributed by atoms with Gasteiger partial charge in [0.1, 0.15) is 11.5 Å². The van der Waals surface area contributed by atoms with E-state index in [2.05, 4.69) is 4.74 Å². The molecule has 2 rings (SSSR count). The number of methoxy groups -OCH3 is 1. The standard InChI is InChI=1S/C15H15ClO4/c1-9-4-5-13(11(16)8-9)19-10(2)12-6-7-14(20-12)15(17)18-3/h4-8,10H,1-3H3. The summed E-state index contributed by atoms with van der Waals surface area (Å²) < 4.78 is 15.7. The zero-order valence-electron chi connectivity index (χ0n) is 11.5. The van der Waals surface area contributed by atoms with E-state index >= 15 is 0 Å². The summed E-state index contributed by atoms with van der Waals surface area (Å²) in [6.07, 6.45) is -0.367. The van der Waals surface area contributed by atoms with Gasteiger partial charge in [0.25, 0.3) is 0 Å². The predicted octanol–water partition coefficient (Wildman–Crippen LogP) is 4.17. The maximum Gasteiger partial charge on any atom is 0.373 e. The number of carbonyl (C=O) groups excluding carboxylic acids is 1. The van der Waals surface area contributed by atoms with Crippen LogP contribution in [-0.4, -0.2) is 13.1 Å². The van der Waals surface area contributed by atoms with Crippen molar-refractivity contribution in [1.29, 1.82) is 0 Å². The van der Waals surface area contributed by atoms with Gasteiger partial charge >= 0.3 is 5.97 Å². The van der Waals surface area contributed by atoms with Crippen molar-refractivity contribution in [2.45, 2.75) is 20.0 Å². The van der Waals surface area contributed by atoms with Gasteiger partial charge in [-0.2, -0.15) is 0 Å². The summed E-state index contributed by atoms with van der Waals surface area (Å²) >= 11 is 6.11. The van der Waals surface area contributed by atoms with Crippen LogP contribution in [0.25, 0.3) is 0 Å². The maximum atomic E-state index is 11.3. The van der Waals surface area contributed by atoms with Gasteiger partial charge in [-0.3, -0.25) is 0 Å². The van der Waals surface area contributed by atoms with Gasteiger partial charge in [0, 0.05) is 0 Å². The number of esters is 1. The lowest BCUT2D eigenvalue weighted by atomic mass is 10.2. The fourth-order valence-corrected chi connectivity index (χ4v) is 2.01. The van der Waals surface area contributed by atoms with Crippen molar-refractivity contribution in [3.63, 3.8) is 0 Å². The Balaban J connectivity index is 2.13. The fraction of sp³-hybridized carbons (Fsp3) is 0.267. The van der Waals surface area contributed by atoms with E-state index in [1.54, 1.807) is 18.2 Å². The lowest BCUT2D eigenvalue weighted by molar-refractivity contribution is 0.0558. The van der Waals surface area contributed by atoms with Gasteiger partial charge in [-0.25, -0.2) is 4.79 Å². The minimum atomic E-state index is -0.517. The highest BCUT2D eigenvalue weighted by Crippen LogP contribution is 2.30. The van der Waals surface area contributed by atoms with Crippen LogP contribution in [-0.2, 0) is 4.74 Å². The van der Waals surface area contributed by atoms with Crippen molar-refractivity contribution in [2.24, 2.45) is 0 Å². The second kappa shape index (κ2) is 6.01. The largest absolute Gasteiger partial charge is 0.481 e. The van der Waals surface area contributed by atoms with Crippen LogP contribution in [0.3, 0.4) is 0 Å². The minimum Gasteiger partial charge on any atom is -0.481 e. The number of benzene rings is 1. The molecule has 5 heteroatoms. The molecule has 0 N–H and O–H groups in total. The van der Waals surface area contributed by atoms with Gasteiger partial charge in [0.05, 0.1) is 12.1 Å². The van der Waals surface area contributed by atoms with Crippen LogP contribution >= 0.6 is 11.6 Å². The van der Waals surface area contributed by atoms with E-state index in [1.807, 2.05) is 26.0 Å². The molecule has 4 nitrogen and oxygen atoms in total. The zero-order valence-corrected chi connectivity index (χ0v) is 12.2. The monoisotopic (exact) mass is 294 g/mol. The van der Waals surface area contributed by atoms with Crippen LogP contribution in [0.5, 0.6) is 5.75 Å². The van der Waals surface area contributed by atoms with E-state index in [0.717, 1.165) is 5.56 Å². The lowest BCUT2D eigenvalue weighted by Gasteiger charge is -2.14.